The molecule has 2 nitrogen and oxygen atoms in total. The van der Waals surface area contributed by atoms with Crippen molar-refractivity contribution in [3.63, 3.8) is 0 Å². The SMILES string of the molecule is O=C1CC2CCC(C1)N2C1CC1. The molecule has 0 spiro atoms. The van der Waals surface area contributed by atoms with Gasteiger partial charge in [0.2, 0.25) is 0 Å². The molecule has 1 saturated carbocycles. The first-order valence-electron chi connectivity index (χ1n) is 5.14. The van der Waals surface area contributed by atoms with Crippen molar-refractivity contribution >= 4 is 5.78 Å². The Bertz CT molecular complexity index is 206. The number of rotatable bonds is 1. The average Bonchev–Trinajstić information content (AvgIpc) is 2.80. The molecular weight excluding hydrogens is 150 g/mol. The second-order valence-corrected chi connectivity index (χ2v) is 4.51. The lowest BCUT2D eigenvalue weighted by Gasteiger charge is -2.33. The van der Waals surface area contributed by atoms with E-state index in [-0.39, 0.29) is 0 Å². The highest BCUT2D eigenvalue weighted by Gasteiger charge is 2.46. The van der Waals surface area contributed by atoms with Crippen molar-refractivity contribution in [2.24, 2.45) is 0 Å². The van der Waals surface area contributed by atoms with Crippen molar-refractivity contribution in [1.82, 2.24) is 4.90 Å². The zero-order valence-corrected chi connectivity index (χ0v) is 7.33. The van der Waals surface area contributed by atoms with E-state index in [1.165, 1.54) is 25.7 Å². The maximum Gasteiger partial charge on any atom is 0.136 e. The van der Waals surface area contributed by atoms with E-state index in [2.05, 4.69) is 4.90 Å². The topological polar surface area (TPSA) is 20.3 Å². The van der Waals surface area contributed by atoms with E-state index in [4.69, 9.17) is 0 Å². The van der Waals surface area contributed by atoms with Crippen LogP contribution in [0.3, 0.4) is 0 Å². The number of carbonyl (C=O) groups excluding carboxylic acids is 1. The predicted molar refractivity (Wildman–Crippen MR) is 45.9 cm³/mol. The fourth-order valence-electron chi connectivity index (χ4n) is 2.97. The van der Waals surface area contributed by atoms with Crippen LogP contribution in [0.5, 0.6) is 0 Å². The molecule has 3 aliphatic rings. The number of Topliss-reactive ketones (excluding diaryl/α,β-unsaturated/α-hetero) is 1. The summed E-state index contributed by atoms with van der Waals surface area (Å²) in [6.45, 7) is 0. The zero-order valence-electron chi connectivity index (χ0n) is 7.33. The highest BCUT2D eigenvalue weighted by atomic mass is 16.1. The molecule has 12 heavy (non-hydrogen) atoms. The van der Waals surface area contributed by atoms with Crippen LogP contribution < -0.4 is 0 Å². The van der Waals surface area contributed by atoms with Gasteiger partial charge in [-0.25, -0.2) is 0 Å². The van der Waals surface area contributed by atoms with Crippen LogP contribution in [-0.2, 0) is 4.79 Å². The molecule has 2 saturated heterocycles. The quantitative estimate of drug-likeness (QED) is 0.584. The van der Waals surface area contributed by atoms with Gasteiger partial charge in [-0.15, -0.1) is 0 Å². The second-order valence-electron chi connectivity index (χ2n) is 4.51. The number of nitrogens with zero attached hydrogens (tertiary/aromatic N) is 1. The van der Waals surface area contributed by atoms with Crippen molar-refractivity contribution in [1.29, 1.82) is 0 Å². The lowest BCUT2D eigenvalue weighted by molar-refractivity contribution is -0.123. The third-order valence-electron chi connectivity index (χ3n) is 3.57. The molecule has 0 aromatic carbocycles. The number of ketones is 1. The number of hydrogen-bond acceptors (Lipinski definition) is 2. The summed E-state index contributed by atoms with van der Waals surface area (Å²) in [7, 11) is 0. The Morgan fingerprint density at radius 3 is 1.92 bits per heavy atom. The Hall–Kier alpha value is -0.370. The number of carbonyl (C=O) groups is 1. The van der Waals surface area contributed by atoms with E-state index >= 15 is 0 Å². The maximum atomic E-state index is 11.3. The molecule has 2 atom stereocenters. The number of hydrogen-bond donors (Lipinski definition) is 0. The Morgan fingerprint density at radius 2 is 1.42 bits per heavy atom. The Morgan fingerprint density at radius 1 is 0.917 bits per heavy atom. The highest BCUT2D eigenvalue weighted by molar-refractivity contribution is 5.81. The molecule has 2 aliphatic heterocycles. The summed E-state index contributed by atoms with van der Waals surface area (Å²) in [4.78, 5) is 13.9. The molecule has 1 aliphatic carbocycles. The standard InChI is InChI=1S/C10H15NO/c12-10-5-8-3-4-9(6-10)11(8)7-1-2-7/h7-9H,1-6H2. The Labute approximate surface area is 72.9 Å². The van der Waals surface area contributed by atoms with Crippen molar-refractivity contribution in [3.05, 3.63) is 0 Å². The lowest BCUT2D eigenvalue weighted by Crippen LogP contribution is -2.44. The minimum absolute atomic E-state index is 0.513. The van der Waals surface area contributed by atoms with E-state index in [9.17, 15) is 4.79 Å². The van der Waals surface area contributed by atoms with Gasteiger partial charge in [0.15, 0.2) is 0 Å². The fourth-order valence-corrected chi connectivity index (χ4v) is 2.97. The lowest BCUT2D eigenvalue weighted by atomic mass is 10.0. The van der Waals surface area contributed by atoms with Gasteiger partial charge in [0.1, 0.15) is 5.78 Å². The van der Waals surface area contributed by atoms with Crippen LogP contribution in [0.15, 0.2) is 0 Å². The van der Waals surface area contributed by atoms with Crippen molar-refractivity contribution in [2.75, 3.05) is 0 Å². The van der Waals surface area contributed by atoms with Gasteiger partial charge < -0.3 is 0 Å². The van der Waals surface area contributed by atoms with Crippen LogP contribution in [0.2, 0.25) is 0 Å². The molecule has 0 aromatic heterocycles. The molecule has 2 unspecified atom stereocenters. The van der Waals surface area contributed by atoms with Gasteiger partial charge in [0, 0.05) is 31.0 Å². The summed E-state index contributed by atoms with van der Waals surface area (Å²) in [5.74, 6) is 0.513. The van der Waals surface area contributed by atoms with Crippen molar-refractivity contribution in [2.45, 2.75) is 56.7 Å². The first kappa shape index (κ1) is 7.07. The second kappa shape index (κ2) is 2.32. The molecule has 66 valence electrons. The van der Waals surface area contributed by atoms with Gasteiger partial charge in [-0.05, 0) is 25.7 Å². The summed E-state index contributed by atoms with van der Waals surface area (Å²) in [5, 5.41) is 0. The van der Waals surface area contributed by atoms with Crippen LogP contribution >= 0.6 is 0 Å². The van der Waals surface area contributed by atoms with E-state index in [1.54, 1.807) is 0 Å². The largest absolute Gasteiger partial charge is 0.300 e. The third-order valence-corrected chi connectivity index (χ3v) is 3.57. The predicted octanol–water partition coefficient (Wildman–Crippen LogP) is 1.34. The monoisotopic (exact) mass is 165 g/mol. The normalized spacial score (nSPS) is 42.2. The van der Waals surface area contributed by atoms with Crippen LogP contribution in [0, 0.1) is 0 Å². The summed E-state index contributed by atoms with van der Waals surface area (Å²) in [6, 6.07) is 2.16. The molecule has 3 rings (SSSR count). The van der Waals surface area contributed by atoms with E-state index in [0.29, 0.717) is 17.9 Å². The van der Waals surface area contributed by atoms with Crippen LogP contribution in [0.1, 0.15) is 38.5 Å². The highest BCUT2D eigenvalue weighted by Crippen LogP contribution is 2.42. The van der Waals surface area contributed by atoms with Crippen LogP contribution in [0.4, 0.5) is 0 Å². The first-order chi connectivity index (χ1) is 5.84. The van der Waals surface area contributed by atoms with Gasteiger partial charge in [-0.3, -0.25) is 9.69 Å². The van der Waals surface area contributed by atoms with Gasteiger partial charge in [0.05, 0.1) is 0 Å². The van der Waals surface area contributed by atoms with Crippen LogP contribution in [0.25, 0.3) is 0 Å². The summed E-state index contributed by atoms with van der Waals surface area (Å²) < 4.78 is 0. The summed E-state index contributed by atoms with van der Waals surface area (Å²) in [6.07, 6.45) is 7.06. The van der Waals surface area contributed by atoms with Gasteiger partial charge >= 0.3 is 0 Å². The summed E-state index contributed by atoms with van der Waals surface area (Å²) >= 11 is 0. The van der Waals surface area contributed by atoms with E-state index < -0.39 is 0 Å². The van der Waals surface area contributed by atoms with Crippen LogP contribution in [-0.4, -0.2) is 28.8 Å². The Balaban J connectivity index is 1.83. The smallest absolute Gasteiger partial charge is 0.136 e. The zero-order chi connectivity index (χ0) is 8.13. The summed E-state index contributed by atoms with van der Waals surface area (Å²) in [5.41, 5.74) is 0. The first-order valence-corrected chi connectivity index (χ1v) is 5.14. The fraction of sp³-hybridized carbons (Fsp3) is 0.900. The number of piperidine rings is 1. The maximum absolute atomic E-state index is 11.3. The van der Waals surface area contributed by atoms with Gasteiger partial charge in [-0.2, -0.15) is 0 Å². The van der Waals surface area contributed by atoms with E-state index in [1.807, 2.05) is 0 Å². The molecular formula is C10H15NO. The molecule has 0 radical (unpaired) electrons. The molecule has 2 heterocycles. The molecule has 2 bridgehead atoms. The minimum Gasteiger partial charge on any atom is -0.300 e. The third kappa shape index (κ3) is 0.939. The minimum atomic E-state index is 0.513. The molecule has 0 N–H and O–H groups in total. The molecule has 3 fully saturated rings. The van der Waals surface area contributed by atoms with E-state index in [0.717, 1.165) is 18.9 Å². The van der Waals surface area contributed by atoms with Gasteiger partial charge in [0.25, 0.3) is 0 Å². The molecule has 0 amide bonds. The molecule has 0 aromatic rings. The van der Waals surface area contributed by atoms with Crippen molar-refractivity contribution < 1.29 is 4.79 Å². The Kier molecular flexibility index (Phi) is 1.37. The molecule has 2 heteroatoms. The van der Waals surface area contributed by atoms with Crippen molar-refractivity contribution in [3.8, 4) is 0 Å². The average molecular weight is 165 g/mol. The van der Waals surface area contributed by atoms with Gasteiger partial charge in [-0.1, -0.05) is 0 Å². The number of fused-ring (bicyclic) bond motifs is 2.